The topological polar surface area (TPSA) is 89.8 Å². The predicted octanol–water partition coefficient (Wildman–Crippen LogP) is 3.20. The molecule has 0 aliphatic heterocycles. The zero-order valence-corrected chi connectivity index (χ0v) is 15.8. The molecule has 142 valence electrons. The second-order valence-electron chi connectivity index (χ2n) is 7.09. The van der Waals surface area contributed by atoms with Crippen LogP contribution in [-0.4, -0.2) is 21.8 Å². The van der Waals surface area contributed by atoms with E-state index in [1.165, 1.54) is 0 Å². The first kappa shape index (κ1) is 17.9. The van der Waals surface area contributed by atoms with E-state index in [4.69, 9.17) is 0 Å². The van der Waals surface area contributed by atoms with Gasteiger partial charge in [0.2, 0.25) is 11.8 Å². The number of nitrogens with one attached hydrogen (secondary N) is 4. The fourth-order valence-corrected chi connectivity index (χ4v) is 3.56. The second-order valence-corrected chi connectivity index (χ2v) is 7.09. The van der Waals surface area contributed by atoms with Gasteiger partial charge in [0.1, 0.15) is 0 Å². The smallest absolute Gasteiger partial charge is 0.242 e. The van der Waals surface area contributed by atoms with E-state index in [1.807, 2.05) is 56.4 Å². The molecule has 0 saturated carbocycles. The molecule has 6 nitrogen and oxygen atoms in total. The first-order valence-electron chi connectivity index (χ1n) is 9.22. The average Bonchev–Trinajstić information content (AvgIpc) is 3.22. The van der Waals surface area contributed by atoms with Crippen LogP contribution in [0.1, 0.15) is 22.4 Å². The van der Waals surface area contributed by atoms with Gasteiger partial charge in [-0.25, -0.2) is 0 Å². The third-order valence-corrected chi connectivity index (χ3v) is 4.98. The van der Waals surface area contributed by atoms with Crippen LogP contribution in [0.15, 0.2) is 48.7 Å². The highest BCUT2D eigenvalue weighted by Crippen LogP contribution is 2.23. The zero-order valence-electron chi connectivity index (χ0n) is 15.8. The third-order valence-electron chi connectivity index (χ3n) is 4.98. The van der Waals surface area contributed by atoms with Crippen LogP contribution in [0, 0.1) is 13.8 Å². The number of hydrogen-bond acceptors (Lipinski definition) is 2. The molecular weight excluding hydrogens is 352 g/mol. The Hall–Kier alpha value is -3.54. The minimum absolute atomic E-state index is 0.190. The van der Waals surface area contributed by atoms with Crippen molar-refractivity contribution < 1.29 is 9.59 Å². The Morgan fingerprint density at radius 2 is 1.64 bits per heavy atom. The van der Waals surface area contributed by atoms with Gasteiger partial charge in [0, 0.05) is 33.7 Å². The molecule has 28 heavy (non-hydrogen) atoms. The van der Waals surface area contributed by atoms with Crippen molar-refractivity contribution in [3.8, 4) is 0 Å². The van der Waals surface area contributed by atoms with Gasteiger partial charge in [-0.3, -0.25) is 20.4 Å². The maximum atomic E-state index is 12.4. The highest BCUT2D eigenvalue weighted by molar-refractivity contribution is 5.92. The van der Waals surface area contributed by atoms with Gasteiger partial charge in [0.25, 0.3) is 0 Å². The summed E-state index contributed by atoms with van der Waals surface area (Å²) in [7, 11) is 0. The molecule has 2 amide bonds. The van der Waals surface area contributed by atoms with Crippen LogP contribution < -0.4 is 10.9 Å². The lowest BCUT2D eigenvalue weighted by molar-refractivity contribution is -0.128. The maximum absolute atomic E-state index is 12.4. The van der Waals surface area contributed by atoms with Gasteiger partial charge in [-0.2, -0.15) is 0 Å². The fraction of sp³-hybridized carbons (Fsp3) is 0.182. The molecular formula is C22H22N4O2. The Balaban J connectivity index is 1.39. The number of aromatic amines is 2. The lowest BCUT2D eigenvalue weighted by Crippen LogP contribution is -2.43. The molecule has 2 aromatic heterocycles. The highest BCUT2D eigenvalue weighted by Gasteiger charge is 2.14. The van der Waals surface area contributed by atoms with Crippen LogP contribution in [0.2, 0.25) is 0 Å². The van der Waals surface area contributed by atoms with Gasteiger partial charge in [0.05, 0.1) is 12.8 Å². The minimum Gasteiger partial charge on any atom is -0.361 e. The first-order valence-corrected chi connectivity index (χ1v) is 9.22. The quantitative estimate of drug-likeness (QED) is 0.413. The molecule has 2 aromatic carbocycles. The van der Waals surface area contributed by atoms with Gasteiger partial charge in [-0.15, -0.1) is 0 Å². The number of carbonyl (C=O) groups excluding carboxylic acids is 2. The summed E-state index contributed by atoms with van der Waals surface area (Å²) in [5.41, 5.74) is 11.0. The van der Waals surface area contributed by atoms with Crippen molar-refractivity contribution in [2.24, 2.45) is 0 Å². The van der Waals surface area contributed by atoms with Crippen LogP contribution in [0.5, 0.6) is 0 Å². The highest BCUT2D eigenvalue weighted by atomic mass is 16.2. The zero-order chi connectivity index (χ0) is 19.7. The molecule has 2 heterocycles. The van der Waals surface area contributed by atoms with Gasteiger partial charge in [0.15, 0.2) is 0 Å². The number of amides is 2. The van der Waals surface area contributed by atoms with Crippen molar-refractivity contribution in [1.82, 2.24) is 20.8 Å². The van der Waals surface area contributed by atoms with Crippen molar-refractivity contribution in [2.75, 3.05) is 0 Å². The SMILES string of the molecule is Cc1ccc2[nH]c(C)c(CC(=O)NNC(=O)Cc3c[nH]c4ccccc34)c2c1. The molecule has 0 bridgehead atoms. The van der Waals surface area contributed by atoms with E-state index in [1.54, 1.807) is 0 Å². The number of H-pyrrole nitrogens is 2. The van der Waals surface area contributed by atoms with E-state index in [-0.39, 0.29) is 24.7 Å². The summed E-state index contributed by atoms with van der Waals surface area (Å²) in [6.45, 7) is 3.98. The van der Waals surface area contributed by atoms with Gasteiger partial charge < -0.3 is 9.97 Å². The molecule has 4 N–H and O–H groups in total. The summed E-state index contributed by atoms with van der Waals surface area (Å²) >= 11 is 0. The van der Waals surface area contributed by atoms with E-state index >= 15 is 0 Å². The molecule has 0 saturated heterocycles. The van der Waals surface area contributed by atoms with E-state index in [9.17, 15) is 9.59 Å². The lowest BCUT2D eigenvalue weighted by atomic mass is 10.1. The average molecular weight is 374 g/mol. The van der Waals surface area contributed by atoms with E-state index in [2.05, 4.69) is 26.9 Å². The van der Waals surface area contributed by atoms with Crippen molar-refractivity contribution in [1.29, 1.82) is 0 Å². The molecule has 0 unspecified atom stereocenters. The largest absolute Gasteiger partial charge is 0.361 e. The molecule has 0 spiro atoms. The Bertz CT molecular complexity index is 1190. The predicted molar refractivity (Wildman–Crippen MR) is 110 cm³/mol. The molecule has 0 atom stereocenters. The number of fused-ring (bicyclic) bond motifs is 2. The number of aryl methyl sites for hydroxylation is 2. The van der Waals surface area contributed by atoms with Crippen LogP contribution in [0.4, 0.5) is 0 Å². The molecule has 0 aliphatic carbocycles. The Morgan fingerprint density at radius 3 is 2.46 bits per heavy atom. The van der Waals surface area contributed by atoms with Crippen LogP contribution in [-0.2, 0) is 22.4 Å². The number of benzene rings is 2. The maximum Gasteiger partial charge on any atom is 0.242 e. The molecule has 4 rings (SSSR count). The van der Waals surface area contributed by atoms with E-state index in [0.717, 1.165) is 44.2 Å². The van der Waals surface area contributed by atoms with Crippen molar-refractivity contribution in [2.45, 2.75) is 26.7 Å². The normalized spacial score (nSPS) is 11.1. The lowest BCUT2D eigenvalue weighted by Gasteiger charge is -2.08. The van der Waals surface area contributed by atoms with Crippen LogP contribution >= 0.6 is 0 Å². The first-order chi connectivity index (χ1) is 13.5. The third kappa shape index (κ3) is 3.49. The van der Waals surface area contributed by atoms with Crippen molar-refractivity contribution in [3.05, 3.63) is 71.0 Å². The van der Waals surface area contributed by atoms with E-state index in [0.29, 0.717) is 0 Å². The van der Waals surface area contributed by atoms with Gasteiger partial charge in [-0.05, 0) is 43.2 Å². The van der Waals surface area contributed by atoms with Crippen molar-refractivity contribution >= 4 is 33.6 Å². The van der Waals surface area contributed by atoms with Crippen LogP contribution in [0.25, 0.3) is 21.8 Å². The second kappa shape index (κ2) is 7.23. The van der Waals surface area contributed by atoms with Crippen LogP contribution in [0.3, 0.4) is 0 Å². The monoisotopic (exact) mass is 374 g/mol. The van der Waals surface area contributed by atoms with Crippen molar-refractivity contribution in [3.63, 3.8) is 0 Å². The Labute approximate surface area is 162 Å². The van der Waals surface area contributed by atoms with Gasteiger partial charge >= 0.3 is 0 Å². The van der Waals surface area contributed by atoms with E-state index < -0.39 is 0 Å². The Kier molecular flexibility index (Phi) is 4.61. The summed E-state index contributed by atoms with van der Waals surface area (Å²) in [6, 6.07) is 13.9. The molecule has 4 aromatic rings. The minimum atomic E-state index is -0.260. The standard InChI is InChI=1S/C22H22N4O2/c1-13-7-8-20-18(9-13)17(14(2)24-20)11-22(28)26-25-21(27)10-15-12-23-19-6-4-3-5-16(15)19/h3-9,12,23-24H,10-11H2,1-2H3,(H,25,27)(H,26,28). The summed E-state index contributed by atoms with van der Waals surface area (Å²) in [5, 5.41) is 2.05. The number of carbonyl (C=O) groups is 2. The number of hydrazine groups is 1. The molecule has 0 radical (unpaired) electrons. The number of para-hydroxylation sites is 1. The molecule has 0 fully saturated rings. The summed E-state index contributed by atoms with van der Waals surface area (Å²) < 4.78 is 0. The Morgan fingerprint density at radius 1 is 0.893 bits per heavy atom. The summed E-state index contributed by atoms with van der Waals surface area (Å²) in [4.78, 5) is 31.0. The summed E-state index contributed by atoms with van der Waals surface area (Å²) in [6.07, 6.45) is 2.21. The summed E-state index contributed by atoms with van der Waals surface area (Å²) in [5.74, 6) is -0.512. The fourth-order valence-electron chi connectivity index (χ4n) is 3.56. The number of aromatic nitrogens is 2. The number of rotatable bonds is 4. The molecule has 0 aliphatic rings. The van der Waals surface area contributed by atoms with Gasteiger partial charge in [-0.1, -0.05) is 29.8 Å². The number of hydrogen-bond donors (Lipinski definition) is 4. The molecule has 6 heteroatoms.